The van der Waals surface area contributed by atoms with E-state index >= 15 is 0 Å². The summed E-state index contributed by atoms with van der Waals surface area (Å²) in [4.78, 5) is 2.57. The van der Waals surface area contributed by atoms with E-state index in [2.05, 4.69) is 202 Å². The SMILES string of the molecule is CC1(C)c2ccccc2-c2ccc(-c3ccccc3N(c3ccc4c(c3)C(C)(C)c3ccccc3-4)c3ccccc3-c3cccc4cccc(C5CCCCC5)c34)cc21. The van der Waals surface area contributed by atoms with Gasteiger partial charge in [0.05, 0.1) is 11.4 Å². The zero-order valence-electron chi connectivity index (χ0n) is 34.7. The Labute approximate surface area is 350 Å². The number of benzene rings is 8. The topological polar surface area (TPSA) is 3.24 Å². The molecule has 0 aliphatic heterocycles. The highest BCUT2D eigenvalue weighted by Crippen LogP contribution is 2.54. The van der Waals surface area contributed by atoms with Gasteiger partial charge < -0.3 is 4.90 Å². The van der Waals surface area contributed by atoms with E-state index in [-0.39, 0.29) is 10.8 Å². The molecule has 59 heavy (non-hydrogen) atoms. The molecule has 0 unspecified atom stereocenters. The molecule has 0 saturated heterocycles. The first kappa shape index (κ1) is 35.9. The molecule has 0 amide bonds. The van der Waals surface area contributed by atoms with Crippen molar-refractivity contribution < 1.29 is 0 Å². The Kier molecular flexibility index (Phi) is 8.35. The van der Waals surface area contributed by atoms with E-state index in [0.29, 0.717) is 5.92 Å². The van der Waals surface area contributed by atoms with Crippen molar-refractivity contribution in [3.05, 3.63) is 198 Å². The van der Waals surface area contributed by atoms with Gasteiger partial charge >= 0.3 is 0 Å². The summed E-state index contributed by atoms with van der Waals surface area (Å²) in [6, 6.07) is 64.6. The zero-order chi connectivity index (χ0) is 39.9. The third-order valence-corrected chi connectivity index (χ3v) is 14.3. The van der Waals surface area contributed by atoms with Crippen molar-refractivity contribution in [1.29, 1.82) is 0 Å². The molecule has 8 aromatic rings. The first-order chi connectivity index (χ1) is 28.8. The lowest BCUT2D eigenvalue weighted by atomic mass is 9.80. The van der Waals surface area contributed by atoms with E-state index in [9.17, 15) is 0 Å². The van der Waals surface area contributed by atoms with Gasteiger partial charge in [-0.05, 0) is 121 Å². The second-order valence-corrected chi connectivity index (χ2v) is 18.3. The predicted octanol–water partition coefficient (Wildman–Crippen LogP) is 16.3. The fraction of sp³-hybridized carbons (Fsp3) is 0.207. The third kappa shape index (κ3) is 5.58. The van der Waals surface area contributed by atoms with Crippen molar-refractivity contribution in [2.24, 2.45) is 0 Å². The number of anilines is 3. The number of rotatable bonds is 6. The standard InChI is InChI=1S/C58H51N/c1-57(2)50-28-12-8-23-44(50)46-34-32-40(36-52(46)57)42-22-10-14-30-54(42)59(41-33-35-47-45-24-9-13-29-51(45)58(3,4)53(47)37-41)55-31-15-11-25-48(55)49-27-17-21-39-20-16-26-43(56(39)49)38-18-6-5-7-19-38/h8-17,20-38H,5-7,18-19H2,1-4H3. The van der Waals surface area contributed by atoms with E-state index in [1.807, 2.05) is 0 Å². The van der Waals surface area contributed by atoms with Crippen LogP contribution in [0.5, 0.6) is 0 Å². The van der Waals surface area contributed by atoms with Crippen LogP contribution in [-0.2, 0) is 10.8 Å². The van der Waals surface area contributed by atoms with Crippen molar-refractivity contribution >= 4 is 27.8 Å². The number of nitrogens with zero attached hydrogens (tertiary/aromatic N) is 1. The van der Waals surface area contributed by atoms with Gasteiger partial charge in [0, 0.05) is 27.6 Å². The molecule has 11 rings (SSSR count). The lowest BCUT2D eigenvalue weighted by Gasteiger charge is -2.32. The molecular weight excluding hydrogens is 711 g/mol. The van der Waals surface area contributed by atoms with Crippen LogP contribution in [-0.4, -0.2) is 0 Å². The molecule has 0 heterocycles. The van der Waals surface area contributed by atoms with E-state index in [1.165, 1.54) is 132 Å². The summed E-state index contributed by atoms with van der Waals surface area (Å²) < 4.78 is 0. The van der Waals surface area contributed by atoms with Crippen LogP contribution in [0.15, 0.2) is 170 Å². The number of hydrogen-bond donors (Lipinski definition) is 0. The molecule has 0 aromatic heterocycles. The molecule has 3 aliphatic rings. The van der Waals surface area contributed by atoms with Crippen molar-refractivity contribution in [1.82, 2.24) is 0 Å². The third-order valence-electron chi connectivity index (χ3n) is 14.3. The largest absolute Gasteiger partial charge is 0.309 e. The molecule has 0 N–H and O–H groups in total. The molecule has 288 valence electrons. The number of fused-ring (bicyclic) bond motifs is 7. The van der Waals surface area contributed by atoms with Crippen molar-refractivity contribution in [3.63, 3.8) is 0 Å². The van der Waals surface area contributed by atoms with Crippen LogP contribution in [0.1, 0.15) is 93.5 Å². The van der Waals surface area contributed by atoms with E-state index in [4.69, 9.17) is 0 Å². The Balaban J connectivity index is 1.15. The molecule has 0 spiro atoms. The molecule has 0 atom stereocenters. The fourth-order valence-electron chi connectivity index (χ4n) is 11.3. The van der Waals surface area contributed by atoms with E-state index < -0.39 is 0 Å². The van der Waals surface area contributed by atoms with Gasteiger partial charge in [0.25, 0.3) is 0 Å². The Bertz CT molecular complexity index is 2930. The summed E-state index contributed by atoms with van der Waals surface area (Å²) in [5.41, 5.74) is 20.8. The fourth-order valence-corrected chi connectivity index (χ4v) is 11.3. The van der Waals surface area contributed by atoms with Crippen LogP contribution in [0.2, 0.25) is 0 Å². The highest BCUT2D eigenvalue weighted by Gasteiger charge is 2.37. The first-order valence-corrected chi connectivity index (χ1v) is 21.8. The summed E-state index contributed by atoms with van der Waals surface area (Å²) in [7, 11) is 0. The quantitative estimate of drug-likeness (QED) is 0.163. The van der Waals surface area contributed by atoms with Gasteiger partial charge in [-0.3, -0.25) is 0 Å². The summed E-state index contributed by atoms with van der Waals surface area (Å²) in [5.74, 6) is 0.591. The maximum absolute atomic E-state index is 2.57. The van der Waals surface area contributed by atoms with Crippen LogP contribution in [0.25, 0.3) is 55.3 Å². The Morgan fingerprint density at radius 1 is 0.407 bits per heavy atom. The van der Waals surface area contributed by atoms with Crippen molar-refractivity contribution in [2.45, 2.75) is 76.5 Å². The molecular formula is C58H51N. The van der Waals surface area contributed by atoms with Gasteiger partial charge in [0.2, 0.25) is 0 Å². The minimum absolute atomic E-state index is 0.0891. The highest BCUT2D eigenvalue weighted by atomic mass is 15.1. The lowest BCUT2D eigenvalue weighted by molar-refractivity contribution is 0.445. The second-order valence-electron chi connectivity index (χ2n) is 18.3. The minimum atomic E-state index is -0.127. The van der Waals surface area contributed by atoms with Gasteiger partial charge in [-0.25, -0.2) is 0 Å². The van der Waals surface area contributed by atoms with Gasteiger partial charge in [-0.1, -0.05) is 186 Å². The Morgan fingerprint density at radius 2 is 0.915 bits per heavy atom. The van der Waals surface area contributed by atoms with Gasteiger partial charge in [-0.15, -0.1) is 0 Å². The number of hydrogen-bond acceptors (Lipinski definition) is 1. The van der Waals surface area contributed by atoms with Gasteiger partial charge in [0.1, 0.15) is 0 Å². The summed E-state index contributed by atoms with van der Waals surface area (Å²) in [6.45, 7) is 9.54. The Hall–Kier alpha value is -6.18. The van der Waals surface area contributed by atoms with Crippen LogP contribution >= 0.6 is 0 Å². The minimum Gasteiger partial charge on any atom is -0.309 e. The molecule has 1 nitrogen and oxygen atoms in total. The molecule has 1 saturated carbocycles. The highest BCUT2D eigenvalue weighted by molar-refractivity contribution is 6.04. The van der Waals surface area contributed by atoms with E-state index in [0.717, 1.165) is 0 Å². The van der Waals surface area contributed by atoms with Gasteiger partial charge in [-0.2, -0.15) is 0 Å². The molecule has 0 radical (unpaired) electrons. The normalized spacial score (nSPS) is 16.0. The average molecular weight is 762 g/mol. The second kappa shape index (κ2) is 13.7. The molecule has 3 aliphatic carbocycles. The molecule has 1 heteroatoms. The number of para-hydroxylation sites is 2. The molecule has 1 fully saturated rings. The maximum atomic E-state index is 2.57. The Morgan fingerprint density at radius 3 is 1.59 bits per heavy atom. The maximum Gasteiger partial charge on any atom is 0.0540 e. The van der Waals surface area contributed by atoms with Crippen LogP contribution < -0.4 is 4.90 Å². The monoisotopic (exact) mass is 761 g/mol. The van der Waals surface area contributed by atoms with Crippen LogP contribution in [0.3, 0.4) is 0 Å². The van der Waals surface area contributed by atoms with Crippen molar-refractivity contribution in [2.75, 3.05) is 4.90 Å². The van der Waals surface area contributed by atoms with Gasteiger partial charge in [0.15, 0.2) is 0 Å². The summed E-state index contributed by atoms with van der Waals surface area (Å²) in [5, 5.41) is 2.74. The molecule has 8 aromatic carbocycles. The van der Waals surface area contributed by atoms with Crippen molar-refractivity contribution in [3.8, 4) is 44.5 Å². The smallest absolute Gasteiger partial charge is 0.0540 e. The zero-order valence-corrected chi connectivity index (χ0v) is 34.7. The summed E-state index contributed by atoms with van der Waals surface area (Å²) in [6.07, 6.45) is 6.52. The first-order valence-electron chi connectivity index (χ1n) is 21.8. The predicted molar refractivity (Wildman–Crippen MR) is 250 cm³/mol. The van der Waals surface area contributed by atoms with Crippen LogP contribution in [0, 0.1) is 0 Å². The molecule has 0 bridgehead atoms. The summed E-state index contributed by atoms with van der Waals surface area (Å²) >= 11 is 0. The van der Waals surface area contributed by atoms with Crippen LogP contribution in [0.4, 0.5) is 17.1 Å². The van der Waals surface area contributed by atoms with E-state index in [1.54, 1.807) is 0 Å². The lowest BCUT2D eigenvalue weighted by Crippen LogP contribution is -2.17. The average Bonchev–Trinajstić information content (AvgIpc) is 3.65.